The highest BCUT2D eigenvalue weighted by Crippen LogP contribution is 2.25. The lowest BCUT2D eigenvalue weighted by atomic mass is 9.91. The zero-order valence-corrected chi connectivity index (χ0v) is 10.6. The number of carbonyl (C=O) groups excluding carboxylic acids is 1. The summed E-state index contributed by atoms with van der Waals surface area (Å²) in [5, 5.41) is 3.22. The second-order valence-electron chi connectivity index (χ2n) is 4.61. The molecule has 0 unspecified atom stereocenters. The van der Waals surface area contributed by atoms with E-state index >= 15 is 0 Å². The molecule has 0 aromatic heterocycles. The third-order valence-corrected chi connectivity index (χ3v) is 3.46. The fourth-order valence-corrected chi connectivity index (χ4v) is 2.08. The average Bonchev–Trinajstić information content (AvgIpc) is 2.27. The molecule has 0 atom stereocenters. The first-order chi connectivity index (χ1) is 8.22. The lowest BCUT2D eigenvalue weighted by Crippen LogP contribution is -2.41. The van der Waals surface area contributed by atoms with Gasteiger partial charge in [-0.15, -0.1) is 0 Å². The number of rotatable bonds is 4. The second-order valence-corrected chi connectivity index (χ2v) is 4.61. The topological polar surface area (TPSA) is 32.3 Å². The molecule has 0 bridgehead atoms. The van der Waals surface area contributed by atoms with Crippen LogP contribution in [0.3, 0.4) is 0 Å². The smallest absolute Gasteiger partial charge is 0.253 e. The zero-order valence-electron chi connectivity index (χ0n) is 10.6. The predicted molar refractivity (Wildman–Crippen MR) is 70.3 cm³/mol. The Balaban J connectivity index is 2.03. The maximum Gasteiger partial charge on any atom is 0.253 e. The van der Waals surface area contributed by atoms with E-state index in [0.29, 0.717) is 6.04 Å². The first-order valence-electron chi connectivity index (χ1n) is 6.33. The first-order valence-corrected chi connectivity index (χ1v) is 6.33. The van der Waals surface area contributed by atoms with Crippen LogP contribution in [0.15, 0.2) is 24.3 Å². The van der Waals surface area contributed by atoms with Gasteiger partial charge in [-0.2, -0.15) is 0 Å². The van der Waals surface area contributed by atoms with Crippen LogP contribution in [0.4, 0.5) is 5.69 Å². The van der Waals surface area contributed by atoms with Crippen molar-refractivity contribution in [3.63, 3.8) is 0 Å². The third kappa shape index (κ3) is 2.60. The van der Waals surface area contributed by atoms with Crippen LogP contribution in [0.1, 0.15) is 36.5 Å². The quantitative estimate of drug-likeness (QED) is 0.865. The molecule has 1 amide bonds. The van der Waals surface area contributed by atoms with Crippen LogP contribution in [-0.2, 0) is 0 Å². The van der Waals surface area contributed by atoms with Crippen molar-refractivity contribution in [2.24, 2.45) is 0 Å². The number of benzene rings is 1. The summed E-state index contributed by atoms with van der Waals surface area (Å²) < 4.78 is 0. The van der Waals surface area contributed by atoms with Crippen molar-refractivity contribution in [1.29, 1.82) is 0 Å². The molecule has 92 valence electrons. The van der Waals surface area contributed by atoms with Crippen LogP contribution in [0.25, 0.3) is 0 Å². The van der Waals surface area contributed by atoms with Crippen LogP contribution in [0.5, 0.6) is 0 Å². The summed E-state index contributed by atoms with van der Waals surface area (Å²) in [6.45, 7) is 2.96. The largest absolute Gasteiger partial charge is 0.385 e. The summed E-state index contributed by atoms with van der Waals surface area (Å²) in [5.41, 5.74) is 1.84. The van der Waals surface area contributed by atoms with E-state index in [-0.39, 0.29) is 5.91 Å². The maximum atomic E-state index is 12.2. The van der Waals surface area contributed by atoms with E-state index in [1.165, 1.54) is 6.42 Å². The summed E-state index contributed by atoms with van der Waals surface area (Å²) in [6, 6.07) is 8.18. The fourth-order valence-electron chi connectivity index (χ4n) is 2.08. The lowest BCUT2D eigenvalue weighted by Gasteiger charge is -2.34. The van der Waals surface area contributed by atoms with Crippen LogP contribution in [0, 0.1) is 0 Å². The van der Waals surface area contributed by atoms with Crippen LogP contribution in [-0.4, -0.2) is 30.4 Å². The highest BCUT2D eigenvalue weighted by Gasteiger charge is 2.26. The fraction of sp³-hybridized carbons (Fsp3) is 0.500. The average molecular weight is 232 g/mol. The molecule has 0 heterocycles. The van der Waals surface area contributed by atoms with Gasteiger partial charge in [0, 0.05) is 30.9 Å². The van der Waals surface area contributed by atoms with Crippen molar-refractivity contribution >= 4 is 11.6 Å². The monoisotopic (exact) mass is 232 g/mol. The number of nitrogens with one attached hydrogen (secondary N) is 1. The zero-order chi connectivity index (χ0) is 12.3. The van der Waals surface area contributed by atoms with E-state index in [4.69, 9.17) is 0 Å². The molecular formula is C14H20N2O. The van der Waals surface area contributed by atoms with Gasteiger partial charge in [0.1, 0.15) is 0 Å². The Morgan fingerprint density at radius 1 is 1.35 bits per heavy atom. The van der Waals surface area contributed by atoms with Crippen LogP contribution < -0.4 is 5.32 Å². The number of amides is 1. The Kier molecular flexibility index (Phi) is 3.67. The Morgan fingerprint density at radius 3 is 2.47 bits per heavy atom. The van der Waals surface area contributed by atoms with Crippen molar-refractivity contribution in [3.05, 3.63) is 29.8 Å². The lowest BCUT2D eigenvalue weighted by molar-refractivity contribution is 0.0652. The standard InChI is InChI=1S/C14H20N2O/c1-3-15-12-9-7-11(8-10-12)14(17)16(2)13-5-4-6-13/h7-10,13,15H,3-6H2,1-2H3. The minimum Gasteiger partial charge on any atom is -0.385 e. The van der Waals surface area contributed by atoms with Gasteiger partial charge in [-0.3, -0.25) is 4.79 Å². The molecule has 1 fully saturated rings. The van der Waals surface area contributed by atoms with E-state index in [1.54, 1.807) is 0 Å². The molecule has 17 heavy (non-hydrogen) atoms. The molecule has 3 nitrogen and oxygen atoms in total. The molecule has 0 saturated heterocycles. The molecule has 1 aromatic carbocycles. The van der Waals surface area contributed by atoms with Gasteiger partial charge < -0.3 is 10.2 Å². The summed E-state index contributed by atoms with van der Waals surface area (Å²) >= 11 is 0. The molecule has 2 rings (SSSR count). The minimum atomic E-state index is 0.137. The Bertz CT molecular complexity index is 382. The van der Waals surface area contributed by atoms with E-state index in [0.717, 1.165) is 30.6 Å². The molecule has 0 radical (unpaired) electrons. The van der Waals surface area contributed by atoms with Crippen molar-refractivity contribution in [2.75, 3.05) is 18.9 Å². The molecule has 3 heteroatoms. The van der Waals surface area contributed by atoms with Gasteiger partial charge in [-0.25, -0.2) is 0 Å². The summed E-state index contributed by atoms with van der Waals surface area (Å²) in [6.07, 6.45) is 3.55. The number of hydrogen-bond acceptors (Lipinski definition) is 2. The predicted octanol–water partition coefficient (Wildman–Crippen LogP) is 2.74. The van der Waals surface area contributed by atoms with Crippen molar-refractivity contribution in [3.8, 4) is 0 Å². The van der Waals surface area contributed by atoms with Gasteiger partial charge >= 0.3 is 0 Å². The highest BCUT2D eigenvalue weighted by molar-refractivity contribution is 5.94. The van der Waals surface area contributed by atoms with Gasteiger partial charge in [0.15, 0.2) is 0 Å². The molecule has 1 N–H and O–H groups in total. The molecule has 1 saturated carbocycles. The summed E-state index contributed by atoms with van der Waals surface area (Å²) in [7, 11) is 1.91. The van der Waals surface area contributed by atoms with Gasteiger partial charge in [-0.05, 0) is 50.5 Å². The first kappa shape index (κ1) is 12.0. The molecule has 1 aromatic rings. The number of nitrogens with zero attached hydrogens (tertiary/aromatic N) is 1. The summed E-state index contributed by atoms with van der Waals surface area (Å²) in [5.74, 6) is 0.137. The molecule has 0 spiro atoms. The van der Waals surface area contributed by atoms with Crippen LogP contribution >= 0.6 is 0 Å². The van der Waals surface area contributed by atoms with E-state index in [2.05, 4.69) is 12.2 Å². The van der Waals surface area contributed by atoms with Gasteiger partial charge in [0.2, 0.25) is 0 Å². The van der Waals surface area contributed by atoms with Crippen molar-refractivity contribution in [1.82, 2.24) is 4.90 Å². The Morgan fingerprint density at radius 2 is 2.00 bits per heavy atom. The summed E-state index contributed by atoms with van der Waals surface area (Å²) in [4.78, 5) is 14.0. The van der Waals surface area contributed by atoms with E-state index in [1.807, 2.05) is 36.2 Å². The van der Waals surface area contributed by atoms with E-state index < -0.39 is 0 Å². The number of hydrogen-bond donors (Lipinski definition) is 1. The van der Waals surface area contributed by atoms with Crippen molar-refractivity contribution in [2.45, 2.75) is 32.2 Å². The van der Waals surface area contributed by atoms with Crippen LogP contribution in [0.2, 0.25) is 0 Å². The van der Waals surface area contributed by atoms with Gasteiger partial charge in [0.25, 0.3) is 5.91 Å². The highest BCUT2D eigenvalue weighted by atomic mass is 16.2. The number of anilines is 1. The molecular weight excluding hydrogens is 212 g/mol. The van der Waals surface area contributed by atoms with Crippen molar-refractivity contribution < 1.29 is 4.79 Å². The van der Waals surface area contributed by atoms with Gasteiger partial charge in [0.05, 0.1) is 0 Å². The minimum absolute atomic E-state index is 0.137. The van der Waals surface area contributed by atoms with Gasteiger partial charge in [-0.1, -0.05) is 0 Å². The Labute approximate surface area is 103 Å². The molecule has 0 aliphatic heterocycles. The third-order valence-electron chi connectivity index (χ3n) is 3.46. The Hall–Kier alpha value is -1.51. The van der Waals surface area contributed by atoms with E-state index in [9.17, 15) is 4.79 Å². The molecule has 1 aliphatic carbocycles. The number of carbonyl (C=O) groups is 1. The molecule has 1 aliphatic rings. The second kappa shape index (κ2) is 5.21. The SMILES string of the molecule is CCNc1ccc(C(=O)N(C)C2CCC2)cc1. The normalized spacial score (nSPS) is 15.2. The maximum absolute atomic E-state index is 12.2.